The van der Waals surface area contributed by atoms with Crippen molar-refractivity contribution in [2.45, 2.75) is 4.90 Å². The van der Waals surface area contributed by atoms with Gasteiger partial charge in [0.2, 0.25) is 5.00 Å². The van der Waals surface area contributed by atoms with Crippen molar-refractivity contribution in [3.05, 3.63) is 91.8 Å². The van der Waals surface area contributed by atoms with Crippen LogP contribution >= 0.6 is 57.7 Å². The van der Waals surface area contributed by atoms with Crippen molar-refractivity contribution < 1.29 is 18.3 Å². The zero-order valence-electron chi connectivity index (χ0n) is 19.6. The molecular weight excluding hydrogens is 644 g/mol. The predicted molar refractivity (Wildman–Crippen MR) is 156 cm³/mol. The Bertz CT molecular complexity index is 1730. The lowest BCUT2D eigenvalue weighted by molar-refractivity contribution is -0.115. The van der Waals surface area contributed by atoms with Gasteiger partial charge in [0.15, 0.2) is 10.7 Å². The number of halogens is 4. The Kier molecular flexibility index (Phi) is 9.58. The highest BCUT2D eigenvalue weighted by Crippen LogP contribution is 2.36. The molecule has 1 heterocycles. The normalized spacial score (nSPS) is 12.1. The third-order valence-electron chi connectivity index (χ3n) is 4.74. The molecule has 4 aromatic rings. The Balaban J connectivity index is 1.64. The molecule has 3 aromatic carbocycles. The number of sulfonamides is 1. The van der Waals surface area contributed by atoms with Crippen LogP contribution in [0.2, 0.25) is 20.1 Å². The van der Waals surface area contributed by atoms with Crippen molar-refractivity contribution >= 4 is 95.8 Å². The first-order valence-electron chi connectivity index (χ1n) is 10.8. The van der Waals surface area contributed by atoms with Crippen LogP contribution in [0.3, 0.4) is 0 Å². The van der Waals surface area contributed by atoms with E-state index >= 15 is 0 Å². The maximum Gasteiger partial charge on any atom is 0.289 e. The highest BCUT2D eigenvalue weighted by Gasteiger charge is 2.24. The lowest BCUT2D eigenvalue weighted by Gasteiger charge is -2.10. The fourth-order valence-electron chi connectivity index (χ4n) is 2.86. The quantitative estimate of drug-likeness (QED) is 0.0890. The Morgan fingerprint density at radius 2 is 1.57 bits per heavy atom. The average molecular weight is 659 g/mol. The van der Waals surface area contributed by atoms with Gasteiger partial charge in [-0.25, -0.2) is 8.42 Å². The topological polar surface area (TPSA) is 158 Å². The molecule has 0 radical (unpaired) electrons. The number of azo groups is 1. The smallest absolute Gasteiger partial charge is 0.289 e. The van der Waals surface area contributed by atoms with E-state index in [-0.39, 0.29) is 36.3 Å². The number of hydrazone groups is 1. The van der Waals surface area contributed by atoms with Crippen LogP contribution in [-0.4, -0.2) is 30.1 Å². The van der Waals surface area contributed by atoms with E-state index in [4.69, 9.17) is 46.4 Å². The van der Waals surface area contributed by atoms with E-state index in [1.165, 1.54) is 54.6 Å². The number of anilines is 1. The number of hydrazine groups is 1. The third kappa shape index (κ3) is 7.46. The zero-order chi connectivity index (χ0) is 28.9. The largest absolute Gasteiger partial charge is 0.491 e. The molecule has 0 bridgehead atoms. The summed E-state index contributed by atoms with van der Waals surface area (Å²) < 4.78 is 25.1. The Morgan fingerprint density at radius 1 is 0.900 bits per heavy atom. The second-order valence-electron chi connectivity index (χ2n) is 7.51. The number of carbonyl (C=O) groups excluding carboxylic acids is 1. The van der Waals surface area contributed by atoms with Crippen molar-refractivity contribution in [2.75, 3.05) is 5.43 Å². The van der Waals surface area contributed by atoms with Gasteiger partial charge in [-0.15, -0.1) is 15.1 Å². The second kappa shape index (κ2) is 12.9. The molecule has 1 amide bonds. The van der Waals surface area contributed by atoms with Gasteiger partial charge in [-0.3, -0.25) is 15.6 Å². The number of hydrogen-bond acceptors (Lipinski definition) is 10. The van der Waals surface area contributed by atoms with Gasteiger partial charge in [-0.2, -0.15) is 10.1 Å². The number of nitrogens with zero attached hydrogens (tertiary/aromatic N) is 4. The number of aromatic hydroxyl groups is 1. The SMILES string of the molecule is O=C(NNS(=O)(=O)c1ccccc1)/C(=N/Nc1ccc(Cl)cc1Cl)c1nc(O)c(N=Nc2ccc(Cl)cc2Cl)s1. The number of amides is 1. The molecule has 0 atom stereocenters. The minimum atomic E-state index is -4.11. The summed E-state index contributed by atoms with van der Waals surface area (Å²) in [4.78, 5) is 18.9. The molecule has 11 nitrogen and oxygen atoms in total. The molecule has 4 N–H and O–H groups in total. The van der Waals surface area contributed by atoms with E-state index in [0.717, 1.165) is 11.3 Å². The van der Waals surface area contributed by atoms with Crippen molar-refractivity contribution in [3.8, 4) is 5.88 Å². The molecule has 17 heteroatoms. The number of hydrogen-bond donors (Lipinski definition) is 4. The molecule has 0 fully saturated rings. The number of rotatable bonds is 9. The van der Waals surface area contributed by atoms with E-state index in [2.05, 4.69) is 31.2 Å². The molecule has 0 aliphatic rings. The van der Waals surface area contributed by atoms with Crippen LogP contribution in [-0.2, 0) is 14.8 Å². The highest BCUT2D eigenvalue weighted by molar-refractivity contribution is 7.89. The minimum Gasteiger partial charge on any atom is -0.491 e. The Labute approximate surface area is 251 Å². The number of nitrogens with one attached hydrogen (secondary N) is 3. The van der Waals surface area contributed by atoms with Gasteiger partial charge in [0.05, 0.1) is 20.6 Å². The van der Waals surface area contributed by atoms with Gasteiger partial charge in [0.1, 0.15) is 5.69 Å². The summed E-state index contributed by atoms with van der Waals surface area (Å²) in [6, 6.07) is 16.4. The fraction of sp³-hybridized carbons (Fsp3) is 0. The summed E-state index contributed by atoms with van der Waals surface area (Å²) >= 11 is 24.8. The highest BCUT2D eigenvalue weighted by atomic mass is 35.5. The molecule has 0 unspecified atom stereocenters. The van der Waals surface area contributed by atoms with Crippen LogP contribution in [0.25, 0.3) is 0 Å². The zero-order valence-corrected chi connectivity index (χ0v) is 24.3. The van der Waals surface area contributed by atoms with Gasteiger partial charge in [-0.05, 0) is 48.5 Å². The first kappa shape index (κ1) is 29.7. The van der Waals surface area contributed by atoms with Crippen LogP contribution in [0.4, 0.5) is 16.4 Å². The summed E-state index contributed by atoms with van der Waals surface area (Å²) in [6.07, 6.45) is 0. The molecule has 0 aliphatic heterocycles. The lowest BCUT2D eigenvalue weighted by atomic mass is 10.3. The number of carbonyl (C=O) groups is 1. The van der Waals surface area contributed by atoms with Crippen molar-refractivity contribution in [3.63, 3.8) is 0 Å². The monoisotopic (exact) mass is 657 g/mol. The van der Waals surface area contributed by atoms with E-state index in [1.54, 1.807) is 12.1 Å². The summed E-state index contributed by atoms with van der Waals surface area (Å²) in [5.41, 5.74) is 4.81. The summed E-state index contributed by atoms with van der Waals surface area (Å²) in [7, 11) is -4.11. The van der Waals surface area contributed by atoms with Crippen LogP contribution < -0.4 is 15.7 Å². The summed E-state index contributed by atoms with van der Waals surface area (Å²) in [5, 5.41) is 23.3. The van der Waals surface area contributed by atoms with Crippen LogP contribution in [0.15, 0.2) is 87.0 Å². The van der Waals surface area contributed by atoms with Gasteiger partial charge >= 0.3 is 0 Å². The van der Waals surface area contributed by atoms with Crippen molar-refractivity contribution in [1.82, 2.24) is 15.2 Å². The van der Waals surface area contributed by atoms with Crippen LogP contribution in [0, 0.1) is 0 Å². The Hall–Kier alpha value is -3.30. The van der Waals surface area contributed by atoms with Crippen LogP contribution in [0.5, 0.6) is 5.88 Å². The van der Waals surface area contributed by atoms with Gasteiger partial charge in [-0.1, -0.05) is 75.9 Å². The maximum absolute atomic E-state index is 13.1. The molecule has 40 heavy (non-hydrogen) atoms. The van der Waals surface area contributed by atoms with E-state index < -0.39 is 27.5 Å². The lowest BCUT2D eigenvalue weighted by Crippen LogP contribution is -2.45. The van der Waals surface area contributed by atoms with Gasteiger partial charge < -0.3 is 5.11 Å². The van der Waals surface area contributed by atoms with Crippen molar-refractivity contribution in [1.29, 1.82) is 0 Å². The molecule has 0 spiro atoms. The standard InChI is InChI=1S/C23H15Cl4N7O4S2/c24-12-6-8-17(15(26)10-12)29-31-19(20(35)32-34-40(37,38)14-4-2-1-3-5-14)22-28-21(36)23(39-22)33-30-18-9-7-13(25)11-16(18)27/h1-11,29,34,36H,(H,32,35)/b31-19-,33-30?. The number of benzene rings is 3. The summed E-state index contributed by atoms with van der Waals surface area (Å²) in [5.74, 6) is -1.58. The number of aromatic nitrogens is 1. The first-order valence-corrected chi connectivity index (χ1v) is 14.6. The van der Waals surface area contributed by atoms with Crippen molar-refractivity contribution in [2.24, 2.45) is 15.3 Å². The first-order chi connectivity index (χ1) is 19.0. The van der Waals surface area contributed by atoms with Crippen LogP contribution in [0.1, 0.15) is 5.01 Å². The molecule has 4 rings (SSSR count). The van der Waals surface area contributed by atoms with E-state index in [0.29, 0.717) is 10.0 Å². The molecule has 1 aromatic heterocycles. The van der Waals surface area contributed by atoms with E-state index in [1.807, 2.05) is 4.83 Å². The van der Waals surface area contributed by atoms with Gasteiger partial charge in [0.25, 0.3) is 21.8 Å². The average Bonchev–Trinajstić information content (AvgIpc) is 3.28. The third-order valence-corrected chi connectivity index (χ3v) is 8.02. The van der Waals surface area contributed by atoms with Gasteiger partial charge in [0, 0.05) is 10.0 Å². The number of thiazole rings is 1. The Morgan fingerprint density at radius 3 is 2.25 bits per heavy atom. The molecular formula is C23H15Cl4N7O4S2. The molecule has 0 saturated carbocycles. The maximum atomic E-state index is 13.1. The fourth-order valence-corrected chi connectivity index (χ4v) is 5.38. The molecule has 0 saturated heterocycles. The minimum absolute atomic E-state index is 0.0871. The van der Waals surface area contributed by atoms with E-state index in [9.17, 15) is 18.3 Å². The molecule has 206 valence electrons. The molecule has 0 aliphatic carbocycles. The summed E-state index contributed by atoms with van der Waals surface area (Å²) in [6.45, 7) is 0. The second-order valence-corrected chi connectivity index (χ2v) is 11.9. The predicted octanol–water partition coefficient (Wildman–Crippen LogP) is 6.70.